The number of carbonyl (C=O) groups excluding carboxylic acids is 1. The van der Waals surface area contributed by atoms with E-state index in [0.717, 1.165) is 12.8 Å². The summed E-state index contributed by atoms with van der Waals surface area (Å²) in [6.07, 6.45) is 11.7. The average molecular weight is 182 g/mol. The highest BCUT2D eigenvalue weighted by atomic mass is 16.1. The standard InChI is InChI=1S/C12H22O/c1-3-5-6-7-8-9-10-11-12(13)4-2/h8-9H,3-7,10-11H2,1-2H3/b9-8+. The molecule has 0 aromatic heterocycles. The van der Waals surface area contributed by atoms with Crippen LogP contribution in [0.5, 0.6) is 0 Å². The fourth-order valence-electron chi connectivity index (χ4n) is 1.17. The first kappa shape index (κ1) is 12.4. The third kappa shape index (κ3) is 9.32. The minimum atomic E-state index is 0.373. The van der Waals surface area contributed by atoms with E-state index in [9.17, 15) is 4.79 Å². The van der Waals surface area contributed by atoms with Gasteiger partial charge in [0.1, 0.15) is 5.78 Å². The molecule has 0 aliphatic heterocycles. The monoisotopic (exact) mass is 182 g/mol. The molecule has 0 atom stereocenters. The van der Waals surface area contributed by atoms with Crippen molar-refractivity contribution in [2.24, 2.45) is 0 Å². The fourth-order valence-corrected chi connectivity index (χ4v) is 1.17. The van der Waals surface area contributed by atoms with Crippen molar-refractivity contribution in [3.63, 3.8) is 0 Å². The van der Waals surface area contributed by atoms with Crippen LogP contribution in [-0.4, -0.2) is 5.78 Å². The Kier molecular flexibility index (Phi) is 9.07. The van der Waals surface area contributed by atoms with Crippen molar-refractivity contribution in [1.29, 1.82) is 0 Å². The van der Waals surface area contributed by atoms with Gasteiger partial charge in [0, 0.05) is 12.8 Å². The van der Waals surface area contributed by atoms with Crippen molar-refractivity contribution in [2.75, 3.05) is 0 Å². The summed E-state index contributed by atoms with van der Waals surface area (Å²) in [6, 6.07) is 0. The Morgan fingerprint density at radius 1 is 1.08 bits per heavy atom. The molecule has 0 radical (unpaired) electrons. The molecule has 0 unspecified atom stereocenters. The van der Waals surface area contributed by atoms with Gasteiger partial charge in [0.15, 0.2) is 0 Å². The predicted molar refractivity (Wildman–Crippen MR) is 57.8 cm³/mol. The Morgan fingerprint density at radius 2 is 1.77 bits per heavy atom. The smallest absolute Gasteiger partial charge is 0.132 e. The van der Waals surface area contributed by atoms with E-state index in [1.165, 1.54) is 25.7 Å². The van der Waals surface area contributed by atoms with E-state index < -0.39 is 0 Å². The van der Waals surface area contributed by atoms with Crippen LogP contribution >= 0.6 is 0 Å². The largest absolute Gasteiger partial charge is 0.300 e. The van der Waals surface area contributed by atoms with Gasteiger partial charge in [0.05, 0.1) is 0 Å². The van der Waals surface area contributed by atoms with Crippen molar-refractivity contribution < 1.29 is 4.79 Å². The molecule has 0 heterocycles. The molecule has 0 saturated carbocycles. The minimum absolute atomic E-state index is 0.373. The molecule has 0 N–H and O–H groups in total. The number of allylic oxidation sites excluding steroid dienone is 2. The summed E-state index contributed by atoms with van der Waals surface area (Å²) in [4.78, 5) is 10.9. The second kappa shape index (κ2) is 9.50. The molecule has 0 aliphatic rings. The van der Waals surface area contributed by atoms with E-state index >= 15 is 0 Å². The summed E-state index contributed by atoms with van der Waals surface area (Å²) in [5.41, 5.74) is 0. The highest BCUT2D eigenvalue weighted by molar-refractivity contribution is 5.78. The first-order chi connectivity index (χ1) is 6.31. The third-order valence-electron chi connectivity index (χ3n) is 2.13. The van der Waals surface area contributed by atoms with Crippen LogP contribution in [0.2, 0.25) is 0 Å². The van der Waals surface area contributed by atoms with Crippen LogP contribution in [0.25, 0.3) is 0 Å². The maximum absolute atomic E-state index is 10.9. The van der Waals surface area contributed by atoms with Gasteiger partial charge in [0.2, 0.25) is 0 Å². The van der Waals surface area contributed by atoms with E-state index in [0.29, 0.717) is 12.2 Å². The number of ketones is 1. The molecule has 0 aromatic rings. The average Bonchev–Trinajstić information content (AvgIpc) is 2.16. The van der Waals surface area contributed by atoms with Gasteiger partial charge in [-0.2, -0.15) is 0 Å². The molecule has 0 spiro atoms. The Bertz CT molecular complexity index is 147. The molecule has 1 nitrogen and oxygen atoms in total. The van der Waals surface area contributed by atoms with E-state index in [1.54, 1.807) is 0 Å². The molecule has 0 bridgehead atoms. The maximum Gasteiger partial charge on any atom is 0.132 e. The molecule has 0 fully saturated rings. The van der Waals surface area contributed by atoms with Crippen molar-refractivity contribution >= 4 is 5.78 Å². The van der Waals surface area contributed by atoms with Gasteiger partial charge < -0.3 is 0 Å². The summed E-state index contributed by atoms with van der Waals surface area (Å²) in [5, 5.41) is 0. The zero-order chi connectivity index (χ0) is 9.94. The first-order valence-electron chi connectivity index (χ1n) is 5.48. The summed E-state index contributed by atoms with van der Waals surface area (Å²) in [6.45, 7) is 4.14. The molecule has 0 amide bonds. The molecule has 13 heavy (non-hydrogen) atoms. The molecule has 76 valence electrons. The summed E-state index contributed by atoms with van der Waals surface area (Å²) < 4.78 is 0. The molecule has 0 aromatic carbocycles. The van der Waals surface area contributed by atoms with Crippen LogP contribution in [0.1, 0.15) is 58.8 Å². The highest BCUT2D eigenvalue weighted by Gasteiger charge is 1.93. The minimum Gasteiger partial charge on any atom is -0.300 e. The van der Waals surface area contributed by atoms with Crippen molar-refractivity contribution in [3.8, 4) is 0 Å². The molecule has 0 aliphatic carbocycles. The number of Topliss-reactive ketones (excluding diaryl/α,β-unsaturated/α-hetero) is 1. The Labute approximate surface area is 82.2 Å². The van der Waals surface area contributed by atoms with Gasteiger partial charge in [-0.3, -0.25) is 4.79 Å². The zero-order valence-corrected chi connectivity index (χ0v) is 9.01. The van der Waals surface area contributed by atoms with Crippen LogP contribution < -0.4 is 0 Å². The van der Waals surface area contributed by atoms with Crippen molar-refractivity contribution in [1.82, 2.24) is 0 Å². The van der Waals surface area contributed by atoms with Gasteiger partial charge in [0.25, 0.3) is 0 Å². The van der Waals surface area contributed by atoms with Crippen molar-refractivity contribution in [2.45, 2.75) is 58.8 Å². The number of hydrogen-bond acceptors (Lipinski definition) is 1. The topological polar surface area (TPSA) is 17.1 Å². The number of rotatable bonds is 8. The van der Waals surface area contributed by atoms with Gasteiger partial charge >= 0.3 is 0 Å². The number of hydrogen-bond donors (Lipinski definition) is 0. The normalized spacial score (nSPS) is 10.9. The zero-order valence-electron chi connectivity index (χ0n) is 9.01. The Morgan fingerprint density at radius 3 is 2.38 bits per heavy atom. The molecule has 0 saturated heterocycles. The Hall–Kier alpha value is -0.590. The molecule has 0 rings (SSSR count). The van der Waals surface area contributed by atoms with Crippen LogP contribution in [0.4, 0.5) is 0 Å². The van der Waals surface area contributed by atoms with E-state index in [2.05, 4.69) is 19.1 Å². The number of carbonyl (C=O) groups is 1. The van der Waals surface area contributed by atoms with Crippen LogP contribution in [0.15, 0.2) is 12.2 Å². The van der Waals surface area contributed by atoms with E-state index in [4.69, 9.17) is 0 Å². The van der Waals surface area contributed by atoms with Gasteiger partial charge in [-0.1, -0.05) is 38.8 Å². The SMILES string of the molecule is CCCCC/C=C/CCC(=O)CC. The molecular formula is C12H22O. The van der Waals surface area contributed by atoms with Gasteiger partial charge in [-0.25, -0.2) is 0 Å². The van der Waals surface area contributed by atoms with Crippen molar-refractivity contribution in [3.05, 3.63) is 12.2 Å². The highest BCUT2D eigenvalue weighted by Crippen LogP contribution is 2.01. The van der Waals surface area contributed by atoms with E-state index in [1.807, 2.05) is 6.92 Å². The van der Waals surface area contributed by atoms with Crippen LogP contribution in [-0.2, 0) is 4.79 Å². The maximum atomic E-state index is 10.9. The van der Waals surface area contributed by atoms with Gasteiger partial charge in [-0.05, 0) is 19.3 Å². The third-order valence-corrected chi connectivity index (χ3v) is 2.13. The van der Waals surface area contributed by atoms with Crippen LogP contribution in [0, 0.1) is 0 Å². The lowest BCUT2D eigenvalue weighted by Crippen LogP contribution is -1.92. The Balaban J connectivity index is 3.17. The summed E-state index contributed by atoms with van der Waals surface area (Å²) in [5.74, 6) is 0.373. The number of unbranched alkanes of at least 4 members (excludes halogenated alkanes) is 3. The lowest BCUT2D eigenvalue weighted by Gasteiger charge is -1.93. The van der Waals surface area contributed by atoms with E-state index in [-0.39, 0.29) is 0 Å². The lowest BCUT2D eigenvalue weighted by molar-refractivity contribution is -0.118. The summed E-state index contributed by atoms with van der Waals surface area (Å²) in [7, 11) is 0. The molecular weight excluding hydrogens is 160 g/mol. The quantitative estimate of drug-likeness (QED) is 0.411. The van der Waals surface area contributed by atoms with Gasteiger partial charge in [-0.15, -0.1) is 0 Å². The van der Waals surface area contributed by atoms with Crippen LogP contribution in [0.3, 0.4) is 0 Å². The fraction of sp³-hybridized carbons (Fsp3) is 0.750. The molecule has 1 heteroatoms. The predicted octanol–water partition coefficient (Wildman–Crippen LogP) is 3.88. The summed E-state index contributed by atoms with van der Waals surface area (Å²) >= 11 is 0. The first-order valence-corrected chi connectivity index (χ1v) is 5.48. The second-order valence-corrected chi connectivity index (χ2v) is 3.40. The lowest BCUT2D eigenvalue weighted by atomic mass is 10.1. The second-order valence-electron chi connectivity index (χ2n) is 3.40.